The SMILES string of the molecule is O=[N+]([O-])c1ccc(N=Nc2ccc([N+](=O)[O-])c([N+](=O)[O-])c2[N+](=O)[O-])c([N+](=O)[O-])c1[N+](=O)[O-]. The van der Waals surface area contributed by atoms with E-state index in [9.17, 15) is 60.7 Å². The van der Waals surface area contributed by atoms with Crippen molar-refractivity contribution in [2.45, 2.75) is 0 Å². The fraction of sp³-hybridized carbons (Fsp3) is 0. The average molecular weight is 452 g/mol. The summed E-state index contributed by atoms with van der Waals surface area (Å²) in [4.78, 5) is 58.5. The van der Waals surface area contributed by atoms with E-state index in [2.05, 4.69) is 10.2 Å². The van der Waals surface area contributed by atoms with Crippen LogP contribution < -0.4 is 0 Å². The second-order valence-corrected chi connectivity index (χ2v) is 5.34. The maximum absolute atomic E-state index is 11.3. The Morgan fingerprint density at radius 1 is 0.438 bits per heavy atom. The molecule has 32 heavy (non-hydrogen) atoms. The highest BCUT2D eigenvalue weighted by Crippen LogP contribution is 2.46. The molecule has 0 aliphatic carbocycles. The van der Waals surface area contributed by atoms with Crippen molar-refractivity contribution in [3.05, 3.63) is 85.0 Å². The van der Waals surface area contributed by atoms with Crippen LogP contribution in [0.2, 0.25) is 0 Å². The highest BCUT2D eigenvalue weighted by atomic mass is 16.7. The largest absolute Gasteiger partial charge is 0.424 e. The van der Waals surface area contributed by atoms with Gasteiger partial charge in [-0.3, -0.25) is 60.7 Å². The Kier molecular flexibility index (Phi) is 5.99. The molecule has 0 atom stereocenters. The summed E-state index contributed by atoms with van der Waals surface area (Å²) < 4.78 is 0. The van der Waals surface area contributed by atoms with Crippen LogP contribution >= 0.6 is 0 Å². The van der Waals surface area contributed by atoms with Gasteiger partial charge >= 0.3 is 34.1 Å². The summed E-state index contributed by atoms with van der Waals surface area (Å²) in [7, 11) is 0. The fourth-order valence-electron chi connectivity index (χ4n) is 2.40. The molecule has 0 radical (unpaired) electrons. The lowest BCUT2D eigenvalue weighted by molar-refractivity contribution is -0.440. The Hall–Kier alpha value is -5.56. The molecule has 20 nitrogen and oxygen atoms in total. The summed E-state index contributed by atoms with van der Waals surface area (Å²) in [6.45, 7) is 0. The lowest BCUT2D eigenvalue weighted by Crippen LogP contribution is -2.02. The zero-order valence-electron chi connectivity index (χ0n) is 14.8. The van der Waals surface area contributed by atoms with E-state index in [1.165, 1.54) is 0 Å². The number of hydrogen-bond donors (Lipinski definition) is 0. The number of nitro benzene ring substituents is 6. The lowest BCUT2D eigenvalue weighted by Gasteiger charge is -2.01. The molecule has 0 heterocycles. The van der Waals surface area contributed by atoms with Gasteiger partial charge in [0.25, 0.3) is 0 Å². The normalized spacial score (nSPS) is 10.6. The first-order valence-electron chi connectivity index (χ1n) is 7.50. The van der Waals surface area contributed by atoms with Gasteiger partial charge in [-0.1, -0.05) is 0 Å². The van der Waals surface area contributed by atoms with Crippen LogP contribution in [0.15, 0.2) is 34.5 Å². The predicted octanol–water partition coefficient (Wildman–Crippen LogP) is 3.55. The summed E-state index contributed by atoms with van der Waals surface area (Å²) in [5.74, 6) is 0. The van der Waals surface area contributed by atoms with Crippen molar-refractivity contribution in [3.8, 4) is 0 Å². The molecular formula is C12H4N8O12. The molecule has 0 aliphatic heterocycles. The molecule has 0 spiro atoms. The van der Waals surface area contributed by atoms with Crippen molar-refractivity contribution in [2.24, 2.45) is 10.2 Å². The van der Waals surface area contributed by atoms with Crippen molar-refractivity contribution in [1.82, 2.24) is 0 Å². The Morgan fingerprint density at radius 3 is 0.938 bits per heavy atom. The highest BCUT2D eigenvalue weighted by molar-refractivity contribution is 5.78. The van der Waals surface area contributed by atoms with Crippen LogP contribution in [0.4, 0.5) is 45.5 Å². The zero-order chi connectivity index (χ0) is 24.3. The number of benzene rings is 2. The van der Waals surface area contributed by atoms with Crippen molar-refractivity contribution in [3.63, 3.8) is 0 Å². The van der Waals surface area contributed by atoms with E-state index in [-0.39, 0.29) is 0 Å². The quantitative estimate of drug-likeness (QED) is 0.315. The third-order valence-electron chi connectivity index (χ3n) is 3.61. The van der Waals surface area contributed by atoms with Crippen LogP contribution in [0.5, 0.6) is 0 Å². The maximum atomic E-state index is 11.3. The first-order valence-corrected chi connectivity index (χ1v) is 7.50. The van der Waals surface area contributed by atoms with Crippen molar-refractivity contribution in [2.75, 3.05) is 0 Å². The number of azo groups is 1. The van der Waals surface area contributed by atoms with E-state index in [0.717, 1.165) is 0 Å². The number of nitro groups is 6. The number of rotatable bonds is 8. The van der Waals surface area contributed by atoms with E-state index >= 15 is 0 Å². The summed E-state index contributed by atoms with van der Waals surface area (Å²) in [5.41, 5.74) is -10.5. The Bertz CT molecular complexity index is 1160. The van der Waals surface area contributed by atoms with Crippen molar-refractivity contribution < 1.29 is 29.5 Å². The zero-order valence-corrected chi connectivity index (χ0v) is 14.8. The van der Waals surface area contributed by atoms with E-state index < -0.39 is 75.0 Å². The van der Waals surface area contributed by atoms with E-state index in [4.69, 9.17) is 0 Å². The smallest absolute Gasteiger partial charge is 0.258 e. The topological polar surface area (TPSA) is 284 Å². The standard InChI is InChI=1S/C12H4N8O12/c21-15(22)7-3-1-5(9(17(25)26)11(7)19(29)30)13-14-6-2-4-8(16(23)24)12(20(31)32)10(6)18(27)28/h1-4H. The molecule has 20 heteroatoms. The third-order valence-corrected chi connectivity index (χ3v) is 3.61. The number of hydrogen-bond acceptors (Lipinski definition) is 14. The monoisotopic (exact) mass is 452 g/mol. The summed E-state index contributed by atoms with van der Waals surface area (Å²) in [6.07, 6.45) is 0. The second-order valence-electron chi connectivity index (χ2n) is 5.34. The van der Waals surface area contributed by atoms with E-state index in [1.807, 2.05) is 0 Å². The molecule has 0 saturated heterocycles. The molecule has 2 rings (SSSR count). The van der Waals surface area contributed by atoms with E-state index in [0.29, 0.717) is 24.3 Å². The molecule has 2 aromatic carbocycles. The molecular weight excluding hydrogens is 448 g/mol. The Balaban J connectivity index is 2.81. The molecule has 0 bridgehead atoms. The first-order chi connectivity index (χ1) is 14.9. The molecule has 0 amide bonds. The van der Waals surface area contributed by atoms with Crippen LogP contribution in [-0.2, 0) is 0 Å². The fourth-order valence-corrected chi connectivity index (χ4v) is 2.40. The van der Waals surface area contributed by atoms with Gasteiger partial charge in [0.05, 0.1) is 29.5 Å². The highest BCUT2D eigenvalue weighted by Gasteiger charge is 2.41. The van der Waals surface area contributed by atoms with Crippen molar-refractivity contribution >= 4 is 45.5 Å². The summed E-state index contributed by atoms with van der Waals surface area (Å²) in [6, 6.07) is 2.15. The molecule has 164 valence electrons. The first kappa shape index (κ1) is 22.7. The second kappa shape index (κ2) is 8.44. The van der Waals surface area contributed by atoms with Gasteiger partial charge in [-0.2, -0.15) is 0 Å². The van der Waals surface area contributed by atoms with Crippen molar-refractivity contribution in [1.29, 1.82) is 0 Å². The molecule has 0 aliphatic rings. The van der Waals surface area contributed by atoms with Crippen LogP contribution in [0.25, 0.3) is 0 Å². The summed E-state index contributed by atoms with van der Waals surface area (Å²) >= 11 is 0. The molecule has 0 fully saturated rings. The minimum absolute atomic E-state index is 0.492. The van der Waals surface area contributed by atoms with Gasteiger partial charge < -0.3 is 0 Å². The minimum Gasteiger partial charge on any atom is -0.258 e. The number of nitrogens with zero attached hydrogens (tertiary/aromatic N) is 8. The Morgan fingerprint density at radius 2 is 0.719 bits per heavy atom. The van der Waals surface area contributed by atoms with Crippen LogP contribution in [0.3, 0.4) is 0 Å². The van der Waals surface area contributed by atoms with Crippen LogP contribution in [0.1, 0.15) is 0 Å². The predicted molar refractivity (Wildman–Crippen MR) is 97.0 cm³/mol. The molecule has 0 N–H and O–H groups in total. The van der Waals surface area contributed by atoms with Crippen LogP contribution in [-0.4, -0.2) is 29.5 Å². The van der Waals surface area contributed by atoms with Crippen LogP contribution in [0, 0.1) is 60.7 Å². The lowest BCUT2D eigenvalue weighted by atomic mass is 10.2. The van der Waals surface area contributed by atoms with Gasteiger partial charge in [0, 0.05) is 12.1 Å². The van der Waals surface area contributed by atoms with Gasteiger partial charge in [0.15, 0.2) is 11.4 Å². The minimum atomic E-state index is -1.55. The maximum Gasteiger partial charge on any atom is 0.424 e. The molecule has 0 unspecified atom stereocenters. The molecule has 2 aromatic rings. The van der Waals surface area contributed by atoms with Gasteiger partial charge in [-0.25, -0.2) is 0 Å². The van der Waals surface area contributed by atoms with Gasteiger partial charge in [-0.15, -0.1) is 10.2 Å². The molecule has 0 saturated carbocycles. The average Bonchev–Trinajstić information content (AvgIpc) is 2.69. The summed E-state index contributed by atoms with van der Waals surface area (Å²) in [5, 5.41) is 73.1. The molecule has 0 aromatic heterocycles. The third kappa shape index (κ3) is 4.07. The van der Waals surface area contributed by atoms with Gasteiger partial charge in [0.1, 0.15) is 0 Å². The van der Waals surface area contributed by atoms with Gasteiger partial charge in [-0.05, 0) is 12.1 Å². The Labute approximate surface area is 171 Å². The van der Waals surface area contributed by atoms with Gasteiger partial charge in [0.2, 0.25) is 0 Å². The van der Waals surface area contributed by atoms with E-state index in [1.54, 1.807) is 0 Å².